The van der Waals surface area contributed by atoms with E-state index in [-0.39, 0.29) is 17.4 Å². The van der Waals surface area contributed by atoms with Gasteiger partial charge in [-0.3, -0.25) is 4.79 Å². The van der Waals surface area contributed by atoms with E-state index in [1.165, 1.54) is 0 Å². The van der Waals surface area contributed by atoms with E-state index in [0.717, 1.165) is 31.7 Å². The molecule has 1 N–H and O–H groups in total. The lowest BCUT2D eigenvalue weighted by Gasteiger charge is -2.36. The number of piperidine rings is 1. The van der Waals surface area contributed by atoms with Crippen molar-refractivity contribution in [3.8, 4) is 0 Å². The van der Waals surface area contributed by atoms with Crippen LogP contribution in [0.5, 0.6) is 0 Å². The molecule has 4 heteroatoms. The van der Waals surface area contributed by atoms with Gasteiger partial charge in [-0.15, -0.1) is 0 Å². The van der Waals surface area contributed by atoms with Gasteiger partial charge in [-0.05, 0) is 31.9 Å². The molecule has 0 aliphatic carbocycles. The number of nitrogens with one attached hydrogen (secondary N) is 1. The second-order valence-electron chi connectivity index (χ2n) is 6.72. The van der Waals surface area contributed by atoms with Gasteiger partial charge in [-0.2, -0.15) is 0 Å². The zero-order valence-electron chi connectivity index (χ0n) is 13.0. The van der Waals surface area contributed by atoms with Crippen molar-refractivity contribution in [3.05, 3.63) is 24.2 Å². The van der Waals surface area contributed by atoms with E-state index in [1.807, 2.05) is 37.8 Å². The van der Waals surface area contributed by atoms with Crippen LogP contribution in [-0.4, -0.2) is 29.9 Å². The van der Waals surface area contributed by atoms with Crippen molar-refractivity contribution in [1.29, 1.82) is 0 Å². The molecule has 0 aromatic carbocycles. The Morgan fingerprint density at radius 2 is 2.05 bits per heavy atom. The van der Waals surface area contributed by atoms with Crippen molar-refractivity contribution in [1.82, 2.24) is 10.2 Å². The van der Waals surface area contributed by atoms with Crippen molar-refractivity contribution in [3.63, 3.8) is 0 Å². The van der Waals surface area contributed by atoms with E-state index in [0.29, 0.717) is 6.04 Å². The van der Waals surface area contributed by atoms with Gasteiger partial charge in [-0.1, -0.05) is 20.8 Å². The molecular weight excluding hydrogens is 252 g/mol. The van der Waals surface area contributed by atoms with Crippen LogP contribution in [0, 0.1) is 5.41 Å². The molecule has 1 aromatic rings. The molecule has 1 aliphatic rings. The maximum atomic E-state index is 12.2. The molecular formula is C16H26N2O2. The minimum Gasteiger partial charge on any atom is -0.468 e. The summed E-state index contributed by atoms with van der Waals surface area (Å²) in [6, 6.07) is 4.59. The van der Waals surface area contributed by atoms with E-state index in [4.69, 9.17) is 4.42 Å². The monoisotopic (exact) mass is 278 g/mol. The van der Waals surface area contributed by atoms with Crippen LogP contribution in [0.3, 0.4) is 0 Å². The molecule has 20 heavy (non-hydrogen) atoms. The average Bonchev–Trinajstić information content (AvgIpc) is 2.91. The third-order valence-corrected chi connectivity index (χ3v) is 3.88. The second-order valence-corrected chi connectivity index (χ2v) is 6.72. The van der Waals surface area contributed by atoms with Gasteiger partial charge in [-0.25, -0.2) is 0 Å². The maximum absolute atomic E-state index is 12.2. The van der Waals surface area contributed by atoms with Crippen molar-refractivity contribution in [2.24, 2.45) is 5.41 Å². The largest absolute Gasteiger partial charge is 0.468 e. The first kappa shape index (κ1) is 15.1. The summed E-state index contributed by atoms with van der Waals surface area (Å²) in [7, 11) is 0. The molecule has 0 saturated carbocycles. The number of amides is 1. The fourth-order valence-corrected chi connectivity index (χ4v) is 2.70. The Kier molecular flexibility index (Phi) is 4.53. The molecule has 2 heterocycles. The van der Waals surface area contributed by atoms with Crippen molar-refractivity contribution >= 4 is 5.91 Å². The third kappa shape index (κ3) is 3.63. The van der Waals surface area contributed by atoms with E-state index < -0.39 is 0 Å². The molecule has 2 rings (SSSR count). The van der Waals surface area contributed by atoms with E-state index >= 15 is 0 Å². The number of furan rings is 1. The summed E-state index contributed by atoms with van der Waals surface area (Å²) in [5, 5.41) is 3.59. The van der Waals surface area contributed by atoms with Gasteiger partial charge in [0, 0.05) is 24.5 Å². The Bertz CT molecular complexity index is 426. The van der Waals surface area contributed by atoms with Crippen LogP contribution in [0.25, 0.3) is 0 Å². The standard InChI is InChI=1S/C16H26N2O2/c1-12(14-6-5-11-20-14)17-13-7-9-18(10-8-13)15(19)16(2,3)4/h5-6,11-13,17H,7-10H2,1-4H3. The first-order valence-corrected chi connectivity index (χ1v) is 7.47. The Balaban J connectivity index is 1.81. The molecule has 1 aromatic heterocycles. The van der Waals surface area contributed by atoms with Crippen LogP contribution in [0.4, 0.5) is 0 Å². The van der Waals surface area contributed by atoms with Gasteiger partial charge >= 0.3 is 0 Å². The lowest BCUT2D eigenvalue weighted by molar-refractivity contribution is -0.140. The van der Waals surface area contributed by atoms with E-state index in [1.54, 1.807) is 6.26 Å². The summed E-state index contributed by atoms with van der Waals surface area (Å²) < 4.78 is 5.41. The van der Waals surface area contributed by atoms with Gasteiger partial charge in [0.15, 0.2) is 0 Å². The van der Waals surface area contributed by atoms with Gasteiger partial charge in [0.25, 0.3) is 0 Å². The molecule has 1 aliphatic heterocycles. The summed E-state index contributed by atoms with van der Waals surface area (Å²) >= 11 is 0. The molecule has 0 radical (unpaired) electrons. The number of hydrogen-bond acceptors (Lipinski definition) is 3. The van der Waals surface area contributed by atoms with Crippen molar-refractivity contribution in [2.45, 2.75) is 52.6 Å². The fourth-order valence-electron chi connectivity index (χ4n) is 2.70. The zero-order valence-corrected chi connectivity index (χ0v) is 13.0. The van der Waals surface area contributed by atoms with Crippen LogP contribution < -0.4 is 5.32 Å². The highest BCUT2D eigenvalue weighted by Crippen LogP contribution is 2.22. The van der Waals surface area contributed by atoms with Crippen LogP contribution >= 0.6 is 0 Å². The van der Waals surface area contributed by atoms with Gasteiger partial charge < -0.3 is 14.6 Å². The molecule has 4 nitrogen and oxygen atoms in total. The smallest absolute Gasteiger partial charge is 0.227 e. The first-order valence-electron chi connectivity index (χ1n) is 7.47. The fraction of sp³-hybridized carbons (Fsp3) is 0.688. The Morgan fingerprint density at radius 1 is 1.40 bits per heavy atom. The van der Waals surface area contributed by atoms with Gasteiger partial charge in [0.1, 0.15) is 5.76 Å². The summed E-state index contributed by atoms with van der Waals surface area (Å²) in [4.78, 5) is 14.2. The SMILES string of the molecule is CC(NC1CCN(C(=O)C(C)(C)C)CC1)c1ccco1. The van der Waals surface area contributed by atoms with E-state index in [9.17, 15) is 4.79 Å². The molecule has 1 unspecified atom stereocenters. The number of hydrogen-bond donors (Lipinski definition) is 1. The molecule has 112 valence electrons. The summed E-state index contributed by atoms with van der Waals surface area (Å²) in [5.41, 5.74) is -0.276. The predicted molar refractivity (Wildman–Crippen MR) is 79.3 cm³/mol. The topological polar surface area (TPSA) is 45.5 Å². The number of carbonyl (C=O) groups excluding carboxylic acids is 1. The molecule has 1 saturated heterocycles. The van der Waals surface area contributed by atoms with Crippen LogP contribution in [0.2, 0.25) is 0 Å². The highest BCUT2D eigenvalue weighted by Gasteiger charge is 2.30. The quantitative estimate of drug-likeness (QED) is 0.924. The maximum Gasteiger partial charge on any atom is 0.227 e. The minimum absolute atomic E-state index is 0.222. The summed E-state index contributed by atoms with van der Waals surface area (Å²) in [5.74, 6) is 1.23. The zero-order chi connectivity index (χ0) is 14.8. The predicted octanol–water partition coefficient (Wildman–Crippen LogP) is 2.97. The Hall–Kier alpha value is -1.29. The van der Waals surface area contributed by atoms with Crippen LogP contribution in [-0.2, 0) is 4.79 Å². The second kappa shape index (κ2) is 6.00. The van der Waals surface area contributed by atoms with E-state index in [2.05, 4.69) is 12.2 Å². The third-order valence-electron chi connectivity index (χ3n) is 3.88. The lowest BCUT2D eigenvalue weighted by atomic mass is 9.93. The number of rotatable bonds is 3. The van der Waals surface area contributed by atoms with Crippen LogP contribution in [0.1, 0.15) is 52.3 Å². The molecule has 1 amide bonds. The molecule has 1 atom stereocenters. The van der Waals surface area contributed by atoms with Gasteiger partial charge in [0.2, 0.25) is 5.91 Å². The normalized spacial score (nSPS) is 19.1. The molecule has 0 spiro atoms. The summed E-state index contributed by atoms with van der Waals surface area (Å²) in [6.07, 6.45) is 3.72. The highest BCUT2D eigenvalue weighted by molar-refractivity contribution is 5.81. The molecule has 0 bridgehead atoms. The first-order chi connectivity index (χ1) is 9.38. The Labute approximate surface area is 121 Å². The number of carbonyl (C=O) groups is 1. The lowest BCUT2D eigenvalue weighted by Crippen LogP contribution is -2.48. The molecule has 1 fully saturated rings. The minimum atomic E-state index is -0.276. The number of likely N-dealkylation sites (tertiary alicyclic amines) is 1. The Morgan fingerprint density at radius 3 is 2.55 bits per heavy atom. The van der Waals surface area contributed by atoms with Crippen LogP contribution in [0.15, 0.2) is 22.8 Å². The summed E-state index contributed by atoms with van der Waals surface area (Å²) in [6.45, 7) is 9.76. The van der Waals surface area contributed by atoms with Gasteiger partial charge in [0.05, 0.1) is 12.3 Å². The van der Waals surface area contributed by atoms with Crippen molar-refractivity contribution < 1.29 is 9.21 Å². The average molecular weight is 278 g/mol. The van der Waals surface area contributed by atoms with Crippen molar-refractivity contribution in [2.75, 3.05) is 13.1 Å². The highest BCUT2D eigenvalue weighted by atomic mass is 16.3. The number of nitrogens with zero attached hydrogens (tertiary/aromatic N) is 1.